The lowest BCUT2D eigenvalue weighted by molar-refractivity contribution is 0.0920. The minimum atomic E-state index is -0.0592. The Morgan fingerprint density at radius 3 is 2.23 bits per heavy atom. The maximum atomic E-state index is 12.4. The fourth-order valence-electron chi connectivity index (χ4n) is 2.69. The molecule has 0 saturated carbocycles. The van der Waals surface area contributed by atoms with Gasteiger partial charge in [-0.3, -0.25) is 4.79 Å². The van der Waals surface area contributed by atoms with Gasteiger partial charge in [0.25, 0.3) is 0 Å². The van der Waals surface area contributed by atoms with Crippen molar-refractivity contribution in [2.24, 2.45) is 0 Å². The number of carbonyl (C=O) groups is 1. The molecule has 2 rings (SSSR count). The predicted octanol–water partition coefficient (Wildman–Crippen LogP) is 5.25. The molecule has 0 aliphatic heterocycles. The van der Waals surface area contributed by atoms with Gasteiger partial charge >= 0.3 is 0 Å². The fourth-order valence-corrected chi connectivity index (χ4v) is 3.20. The number of hydrogen-bond donors (Lipinski definition) is 0. The molecule has 0 atom stereocenters. The highest BCUT2D eigenvalue weighted by Crippen LogP contribution is 2.25. The predicted molar refractivity (Wildman–Crippen MR) is 90.6 cm³/mol. The summed E-state index contributed by atoms with van der Waals surface area (Å²) in [5, 5.41) is 0.959. The van der Waals surface area contributed by atoms with E-state index in [4.69, 9.17) is 27.9 Å². The molecule has 2 aromatic rings. The lowest BCUT2D eigenvalue weighted by Gasteiger charge is -2.13. The number of hydrogen-bond acceptors (Lipinski definition) is 2. The van der Waals surface area contributed by atoms with E-state index < -0.39 is 0 Å². The van der Waals surface area contributed by atoms with Crippen LogP contribution in [0.2, 0.25) is 10.0 Å². The van der Waals surface area contributed by atoms with E-state index in [1.165, 1.54) is 0 Å². The topological polar surface area (TPSA) is 31.2 Å². The summed E-state index contributed by atoms with van der Waals surface area (Å²) in [5.74, 6) is 0.430. The Labute approximate surface area is 140 Å². The van der Waals surface area contributed by atoms with Crippen molar-refractivity contribution in [3.05, 3.63) is 51.3 Å². The maximum absolute atomic E-state index is 12.4. The summed E-state index contributed by atoms with van der Waals surface area (Å²) in [7, 11) is 0. The Balaban J connectivity index is 2.14. The fraction of sp³-hybridized carbons (Fsp3) is 0.353. The van der Waals surface area contributed by atoms with Crippen LogP contribution in [0.15, 0.2) is 24.3 Å². The first-order chi connectivity index (χ1) is 10.3. The molecule has 0 radical (unpaired) electrons. The monoisotopic (exact) mass is 339 g/mol. The van der Waals surface area contributed by atoms with Gasteiger partial charge in [-0.25, -0.2) is 0 Å². The van der Waals surface area contributed by atoms with E-state index in [0.29, 0.717) is 27.4 Å². The summed E-state index contributed by atoms with van der Waals surface area (Å²) in [4.78, 5) is 12.4. The summed E-state index contributed by atoms with van der Waals surface area (Å²) in [5.41, 5.74) is 2.73. The van der Waals surface area contributed by atoms with Gasteiger partial charge < -0.3 is 9.30 Å². The van der Waals surface area contributed by atoms with Gasteiger partial charge in [-0.15, -0.1) is 0 Å². The van der Waals surface area contributed by atoms with Crippen LogP contribution >= 0.6 is 23.2 Å². The standard InChI is InChI=1S/C17H19Cl2NO2/c1-10(2)20-11(3)5-16(12(20)4)17(21)9-22-15-7-13(18)6-14(19)8-15/h5-8,10H,9H2,1-4H3. The Morgan fingerprint density at radius 1 is 1.14 bits per heavy atom. The lowest BCUT2D eigenvalue weighted by atomic mass is 10.1. The zero-order chi connectivity index (χ0) is 16.4. The molecule has 0 aliphatic rings. The van der Waals surface area contributed by atoms with Gasteiger partial charge in [-0.05, 0) is 52.0 Å². The second kappa shape index (κ2) is 6.76. The van der Waals surface area contributed by atoms with Crippen molar-refractivity contribution in [1.82, 2.24) is 4.57 Å². The number of ketones is 1. The van der Waals surface area contributed by atoms with Crippen molar-refractivity contribution in [2.45, 2.75) is 33.7 Å². The van der Waals surface area contributed by atoms with Crippen LogP contribution in [-0.2, 0) is 0 Å². The van der Waals surface area contributed by atoms with Crippen molar-refractivity contribution in [3.63, 3.8) is 0 Å². The summed E-state index contributed by atoms with van der Waals surface area (Å²) >= 11 is 11.8. The summed E-state index contributed by atoms with van der Waals surface area (Å²) < 4.78 is 7.66. The molecule has 1 aromatic carbocycles. The molecule has 22 heavy (non-hydrogen) atoms. The smallest absolute Gasteiger partial charge is 0.202 e. The molecule has 0 aliphatic carbocycles. The third-order valence-electron chi connectivity index (χ3n) is 3.51. The van der Waals surface area contributed by atoms with E-state index in [1.807, 2.05) is 19.9 Å². The number of rotatable bonds is 5. The largest absolute Gasteiger partial charge is 0.485 e. The average Bonchev–Trinajstić information content (AvgIpc) is 2.70. The number of carbonyl (C=O) groups excluding carboxylic acids is 1. The van der Waals surface area contributed by atoms with E-state index in [0.717, 1.165) is 11.4 Å². The van der Waals surface area contributed by atoms with E-state index in [1.54, 1.807) is 18.2 Å². The first-order valence-electron chi connectivity index (χ1n) is 7.10. The summed E-state index contributed by atoms with van der Waals surface area (Å²) in [6, 6.07) is 7.12. The van der Waals surface area contributed by atoms with Crippen LogP contribution in [0.1, 0.15) is 41.6 Å². The molecule has 0 N–H and O–H groups in total. The molecule has 3 nitrogen and oxygen atoms in total. The van der Waals surface area contributed by atoms with Crippen LogP contribution in [0.3, 0.4) is 0 Å². The normalized spacial score (nSPS) is 11.0. The first-order valence-corrected chi connectivity index (χ1v) is 7.85. The van der Waals surface area contributed by atoms with E-state index >= 15 is 0 Å². The summed E-state index contributed by atoms with van der Waals surface area (Å²) in [6.07, 6.45) is 0. The van der Waals surface area contributed by atoms with Gasteiger partial charge in [0, 0.05) is 33.0 Å². The van der Waals surface area contributed by atoms with Crippen molar-refractivity contribution < 1.29 is 9.53 Å². The number of halogens is 2. The zero-order valence-electron chi connectivity index (χ0n) is 13.1. The second-order valence-electron chi connectivity index (χ2n) is 5.57. The molecule has 1 heterocycles. The van der Waals surface area contributed by atoms with E-state index in [2.05, 4.69) is 18.4 Å². The van der Waals surface area contributed by atoms with Crippen LogP contribution in [0.25, 0.3) is 0 Å². The zero-order valence-corrected chi connectivity index (χ0v) is 14.6. The van der Waals surface area contributed by atoms with E-state index in [9.17, 15) is 4.79 Å². The average molecular weight is 340 g/mol. The molecular weight excluding hydrogens is 321 g/mol. The van der Waals surface area contributed by atoms with Crippen LogP contribution in [0.4, 0.5) is 0 Å². The number of aryl methyl sites for hydroxylation is 1. The van der Waals surface area contributed by atoms with Crippen molar-refractivity contribution in [1.29, 1.82) is 0 Å². The Bertz CT molecular complexity index is 685. The molecule has 5 heteroatoms. The quantitative estimate of drug-likeness (QED) is 0.696. The minimum absolute atomic E-state index is 0.0426. The summed E-state index contributed by atoms with van der Waals surface area (Å²) in [6.45, 7) is 8.11. The molecule has 0 bridgehead atoms. The van der Waals surface area contributed by atoms with Gasteiger partial charge in [-0.2, -0.15) is 0 Å². The first kappa shape index (κ1) is 16.9. The van der Waals surface area contributed by atoms with Crippen molar-refractivity contribution in [2.75, 3.05) is 6.61 Å². The maximum Gasteiger partial charge on any atom is 0.202 e. The van der Waals surface area contributed by atoms with Gasteiger partial charge in [-0.1, -0.05) is 23.2 Å². The van der Waals surface area contributed by atoms with Gasteiger partial charge in [0.2, 0.25) is 5.78 Å². The van der Waals surface area contributed by atoms with Gasteiger partial charge in [0.1, 0.15) is 5.75 Å². The number of benzene rings is 1. The van der Waals surface area contributed by atoms with Crippen LogP contribution in [-0.4, -0.2) is 17.0 Å². The Hall–Kier alpha value is -1.45. The molecule has 0 unspecified atom stereocenters. The Kier molecular flexibility index (Phi) is 5.20. The van der Waals surface area contributed by atoms with E-state index in [-0.39, 0.29) is 12.4 Å². The van der Waals surface area contributed by atoms with Gasteiger partial charge in [0.05, 0.1) is 0 Å². The minimum Gasteiger partial charge on any atom is -0.485 e. The number of nitrogens with zero attached hydrogens (tertiary/aromatic N) is 1. The number of aromatic nitrogens is 1. The van der Waals surface area contributed by atoms with Crippen LogP contribution in [0, 0.1) is 13.8 Å². The molecular formula is C17H19Cl2NO2. The lowest BCUT2D eigenvalue weighted by Crippen LogP contribution is -2.13. The van der Waals surface area contributed by atoms with Gasteiger partial charge in [0.15, 0.2) is 6.61 Å². The van der Waals surface area contributed by atoms with Crippen molar-refractivity contribution in [3.8, 4) is 5.75 Å². The molecule has 1 aromatic heterocycles. The highest BCUT2D eigenvalue weighted by Gasteiger charge is 2.17. The van der Waals surface area contributed by atoms with Crippen LogP contribution < -0.4 is 4.74 Å². The van der Waals surface area contributed by atoms with Crippen molar-refractivity contribution >= 4 is 29.0 Å². The Morgan fingerprint density at radius 2 is 1.73 bits per heavy atom. The molecule has 0 amide bonds. The highest BCUT2D eigenvalue weighted by atomic mass is 35.5. The third kappa shape index (κ3) is 3.65. The van der Waals surface area contributed by atoms with Crippen LogP contribution in [0.5, 0.6) is 5.75 Å². The molecule has 0 saturated heterocycles. The number of ether oxygens (including phenoxy) is 1. The SMILES string of the molecule is Cc1cc(C(=O)COc2cc(Cl)cc(Cl)c2)c(C)n1C(C)C. The molecule has 0 spiro atoms. The highest BCUT2D eigenvalue weighted by molar-refractivity contribution is 6.34. The molecule has 0 fully saturated rings. The third-order valence-corrected chi connectivity index (χ3v) is 3.94. The molecule has 118 valence electrons. The number of Topliss-reactive ketones (excluding diaryl/α,β-unsaturated/α-hetero) is 1. The second-order valence-corrected chi connectivity index (χ2v) is 6.44.